The van der Waals surface area contributed by atoms with Gasteiger partial charge in [-0.15, -0.1) is 0 Å². The number of nitrogens with zero attached hydrogens (tertiary/aromatic N) is 1. The Labute approximate surface area is 119 Å². The molecule has 0 unspecified atom stereocenters. The van der Waals surface area contributed by atoms with Crippen LogP contribution < -0.4 is 0 Å². The van der Waals surface area contributed by atoms with Gasteiger partial charge < -0.3 is 0 Å². The Kier molecular flexibility index (Phi) is 3.32. The normalized spacial score (nSPS) is 26.6. The lowest BCUT2D eigenvalue weighted by molar-refractivity contribution is -0.124. The monoisotopic (exact) mass is 293 g/mol. The lowest BCUT2D eigenvalue weighted by atomic mass is 9.85. The highest BCUT2D eigenvalue weighted by atomic mass is 32.2. The lowest BCUT2D eigenvalue weighted by Crippen LogP contribution is -2.41. The third-order valence-electron chi connectivity index (χ3n) is 4.43. The van der Waals surface area contributed by atoms with Gasteiger partial charge in [-0.2, -0.15) is 0 Å². The van der Waals surface area contributed by atoms with Gasteiger partial charge in [0, 0.05) is 6.42 Å². The van der Waals surface area contributed by atoms with Crippen molar-refractivity contribution in [2.75, 3.05) is 0 Å². The first-order chi connectivity index (χ1) is 9.50. The second kappa shape index (κ2) is 4.88. The van der Waals surface area contributed by atoms with E-state index >= 15 is 0 Å². The smallest absolute Gasteiger partial charge is 0.266 e. The average molecular weight is 293 g/mol. The van der Waals surface area contributed by atoms with Crippen molar-refractivity contribution < 1.29 is 13.2 Å². The zero-order valence-electron chi connectivity index (χ0n) is 11.6. The molecule has 1 amide bonds. The minimum Gasteiger partial charge on any atom is -0.274 e. The van der Waals surface area contributed by atoms with Crippen molar-refractivity contribution in [3.05, 3.63) is 29.8 Å². The van der Waals surface area contributed by atoms with E-state index in [-0.39, 0.29) is 22.8 Å². The number of sulfonamides is 1. The molecule has 3 rings (SSSR count). The zero-order valence-corrected chi connectivity index (χ0v) is 12.4. The number of hydrogen-bond acceptors (Lipinski definition) is 3. The van der Waals surface area contributed by atoms with Gasteiger partial charge in [0.1, 0.15) is 0 Å². The number of aryl methyl sites for hydroxylation is 1. The molecule has 4 nitrogen and oxygen atoms in total. The summed E-state index contributed by atoms with van der Waals surface area (Å²) in [6, 6.07) is 6.60. The van der Waals surface area contributed by atoms with Crippen LogP contribution >= 0.6 is 0 Å². The fourth-order valence-electron chi connectivity index (χ4n) is 3.37. The van der Waals surface area contributed by atoms with Crippen molar-refractivity contribution in [3.63, 3.8) is 0 Å². The molecule has 0 spiro atoms. The van der Waals surface area contributed by atoms with E-state index in [9.17, 15) is 13.2 Å². The highest BCUT2D eigenvalue weighted by Gasteiger charge is 2.46. The average Bonchev–Trinajstić information content (AvgIpc) is 2.75. The Morgan fingerprint density at radius 2 is 1.75 bits per heavy atom. The van der Waals surface area contributed by atoms with E-state index in [1.54, 1.807) is 24.3 Å². The van der Waals surface area contributed by atoms with Gasteiger partial charge in [0.15, 0.2) is 0 Å². The van der Waals surface area contributed by atoms with Crippen LogP contribution in [0.5, 0.6) is 0 Å². The van der Waals surface area contributed by atoms with E-state index in [1.807, 2.05) is 6.92 Å². The summed E-state index contributed by atoms with van der Waals surface area (Å²) in [5.41, 5.74) is 1.01. The summed E-state index contributed by atoms with van der Waals surface area (Å²) in [6.07, 6.45) is 4.27. The van der Waals surface area contributed by atoms with Crippen molar-refractivity contribution in [1.82, 2.24) is 4.31 Å². The molecule has 1 saturated carbocycles. The number of rotatable bonds is 2. The largest absolute Gasteiger partial charge is 0.274 e. The highest BCUT2D eigenvalue weighted by Crippen LogP contribution is 2.39. The number of fused-ring (bicyclic) bond motifs is 1. The molecule has 20 heavy (non-hydrogen) atoms. The van der Waals surface area contributed by atoms with Crippen molar-refractivity contribution in [2.24, 2.45) is 5.92 Å². The molecule has 1 aromatic rings. The molecule has 1 saturated heterocycles. The maximum absolute atomic E-state index is 12.7. The standard InChI is InChI=1S/C15H19NO3S/c1-11-6-8-13(9-7-11)20(18,19)16-14-5-3-2-4-12(14)10-15(16)17/h6-9,12,14H,2-5,10H2,1H3/t12-,14-/m1/s1. The van der Waals surface area contributed by atoms with Crippen LogP contribution in [0.15, 0.2) is 29.2 Å². The summed E-state index contributed by atoms with van der Waals surface area (Å²) in [5, 5.41) is 0. The van der Waals surface area contributed by atoms with Crippen molar-refractivity contribution >= 4 is 15.9 Å². The van der Waals surface area contributed by atoms with E-state index in [4.69, 9.17) is 0 Å². The SMILES string of the molecule is Cc1ccc(S(=O)(=O)N2C(=O)C[C@H]3CCCC[C@H]32)cc1. The van der Waals surface area contributed by atoms with Crippen LogP contribution in [-0.2, 0) is 14.8 Å². The van der Waals surface area contributed by atoms with Crippen molar-refractivity contribution in [2.45, 2.75) is 50.0 Å². The van der Waals surface area contributed by atoms with E-state index in [0.29, 0.717) is 6.42 Å². The number of hydrogen-bond donors (Lipinski definition) is 0. The van der Waals surface area contributed by atoms with Gasteiger partial charge in [-0.1, -0.05) is 30.5 Å². The molecule has 2 fully saturated rings. The van der Waals surface area contributed by atoms with Crippen molar-refractivity contribution in [3.8, 4) is 0 Å². The molecule has 1 aromatic carbocycles. The lowest BCUT2D eigenvalue weighted by Gasteiger charge is -2.30. The molecule has 0 N–H and O–H groups in total. The van der Waals surface area contributed by atoms with Crippen LogP contribution in [0, 0.1) is 12.8 Å². The first-order valence-electron chi connectivity index (χ1n) is 7.14. The summed E-state index contributed by atoms with van der Waals surface area (Å²) in [5.74, 6) is -0.0149. The maximum Gasteiger partial charge on any atom is 0.266 e. The molecule has 0 radical (unpaired) electrons. The van der Waals surface area contributed by atoms with Crippen LogP contribution in [0.2, 0.25) is 0 Å². The first-order valence-corrected chi connectivity index (χ1v) is 8.58. The van der Waals surface area contributed by atoms with Crippen LogP contribution in [-0.4, -0.2) is 24.7 Å². The first kappa shape index (κ1) is 13.6. The molecule has 1 heterocycles. The second-order valence-electron chi connectivity index (χ2n) is 5.82. The topological polar surface area (TPSA) is 54.5 Å². The molecule has 2 atom stereocenters. The Bertz CT molecular complexity index is 621. The van der Waals surface area contributed by atoms with E-state index < -0.39 is 10.0 Å². The second-order valence-corrected chi connectivity index (χ2v) is 7.64. The van der Waals surface area contributed by atoms with Gasteiger partial charge in [-0.25, -0.2) is 12.7 Å². The summed E-state index contributed by atoms with van der Waals surface area (Å²) >= 11 is 0. The van der Waals surface area contributed by atoms with Crippen LogP contribution in [0.1, 0.15) is 37.7 Å². The van der Waals surface area contributed by atoms with E-state index in [2.05, 4.69) is 0 Å². The minimum absolute atomic E-state index is 0.123. The molecule has 0 aromatic heterocycles. The van der Waals surface area contributed by atoms with Crippen LogP contribution in [0.3, 0.4) is 0 Å². The maximum atomic E-state index is 12.7. The number of carbonyl (C=O) groups excluding carboxylic acids is 1. The molecular weight excluding hydrogens is 274 g/mol. The highest BCUT2D eigenvalue weighted by molar-refractivity contribution is 7.89. The number of carbonyl (C=O) groups is 1. The predicted molar refractivity (Wildman–Crippen MR) is 75.6 cm³/mol. The molecule has 1 aliphatic heterocycles. The Balaban J connectivity index is 1.98. The number of benzene rings is 1. The van der Waals surface area contributed by atoms with E-state index in [0.717, 1.165) is 31.2 Å². The van der Waals surface area contributed by atoms with Gasteiger partial charge in [-0.05, 0) is 37.8 Å². The molecule has 108 valence electrons. The molecular formula is C15H19NO3S. The van der Waals surface area contributed by atoms with Crippen LogP contribution in [0.4, 0.5) is 0 Å². The zero-order chi connectivity index (χ0) is 14.3. The van der Waals surface area contributed by atoms with Gasteiger partial charge >= 0.3 is 0 Å². The van der Waals surface area contributed by atoms with Gasteiger partial charge in [0.25, 0.3) is 10.0 Å². The van der Waals surface area contributed by atoms with Gasteiger partial charge in [0.2, 0.25) is 5.91 Å². The van der Waals surface area contributed by atoms with E-state index in [1.165, 1.54) is 4.31 Å². The molecule has 2 aliphatic rings. The van der Waals surface area contributed by atoms with Crippen molar-refractivity contribution in [1.29, 1.82) is 0 Å². The quantitative estimate of drug-likeness (QED) is 0.841. The molecule has 0 bridgehead atoms. The Morgan fingerprint density at radius 3 is 2.45 bits per heavy atom. The fourth-order valence-corrected chi connectivity index (χ4v) is 5.05. The summed E-state index contributed by atoms with van der Waals surface area (Å²) < 4.78 is 26.6. The molecule has 1 aliphatic carbocycles. The summed E-state index contributed by atoms with van der Waals surface area (Å²) in [4.78, 5) is 12.4. The third kappa shape index (κ3) is 2.14. The third-order valence-corrected chi connectivity index (χ3v) is 6.29. The predicted octanol–water partition coefficient (Wildman–Crippen LogP) is 2.47. The van der Waals surface area contributed by atoms with Gasteiger partial charge in [0.05, 0.1) is 10.9 Å². The summed E-state index contributed by atoms with van der Waals surface area (Å²) in [6.45, 7) is 1.91. The Hall–Kier alpha value is -1.36. The van der Waals surface area contributed by atoms with Gasteiger partial charge in [-0.3, -0.25) is 4.79 Å². The van der Waals surface area contributed by atoms with Crippen LogP contribution in [0.25, 0.3) is 0 Å². The molecule has 5 heteroatoms. The summed E-state index contributed by atoms with van der Waals surface area (Å²) in [7, 11) is -3.69. The Morgan fingerprint density at radius 1 is 1.10 bits per heavy atom. The minimum atomic E-state index is -3.69. The fraction of sp³-hybridized carbons (Fsp3) is 0.533. The number of amides is 1.